The van der Waals surface area contributed by atoms with E-state index in [1.165, 1.54) is 37.3 Å². The molecule has 0 radical (unpaired) electrons. The SMILES string of the molecule is C/C(=C\CCC1=C(O)OC(C2=CC(=O)OC2O)CC1)CCC1C(C)CCCC1(C)C. The van der Waals surface area contributed by atoms with Crippen LogP contribution in [0.5, 0.6) is 0 Å². The van der Waals surface area contributed by atoms with Gasteiger partial charge in [0.1, 0.15) is 6.10 Å². The van der Waals surface area contributed by atoms with E-state index in [9.17, 15) is 15.0 Å². The maximum absolute atomic E-state index is 11.3. The summed E-state index contributed by atoms with van der Waals surface area (Å²) in [6.07, 6.45) is 11.2. The molecule has 2 N–H and O–H groups in total. The van der Waals surface area contributed by atoms with Crippen molar-refractivity contribution in [2.24, 2.45) is 17.3 Å². The molecule has 5 heteroatoms. The summed E-state index contributed by atoms with van der Waals surface area (Å²) in [5.41, 5.74) is 3.16. The largest absolute Gasteiger partial charge is 0.481 e. The topological polar surface area (TPSA) is 76.0 Å². The van der Waals surface area contributed by atoms with Crippen molar-refractivity contribution in [1.82, 2.24) is 0 Å². The number of esters is 1. The Morgan fingerprint density at radius 2 is 2.07 bits per heavy atom. The Bertz CT molecular complexity index is 730. The van der Waals surface area contributed by atoms with Crippen molar-refractivity contribution in [3.63, 3.8) is 0 Å². The minimum Gasteiger partial charge on any atom is -0.481 e. The first kappa shape index (κ1) is 22.9. The van der Waals surface area contributed by atoms with Gasteiger partial charge >= 0.3 is 5.97 Å². The van der Waals surface area contributed by atoms with Crippen LogP contribution in [-0.2, 0) is 14.3 Å². The van der Waals surface area contributed by atoms with E-state index in [0.29, 0.717) is 23.8 Å². The zero-order valence-electron chi connectivity index (χ0n) is 18.9. The van der Waals surface area contributed by atoms with Crippen LogP contribution in [0.3, 0.4) is 0 Å². The number of aliphatic hydroxyl groups is 2. The summed E-state index contributed by atoms with van der Waals surface area (Å²) in [5, 5.41) is 20.0. The Morgan fingerprint density at radius 3 is 2.70 bits per heavy atom. The summed E-state index contributed by atoms with van der Waals surface area (Å²) in [7, 11) is 0. The molecule has 5 nitrogen and oxygen atoms in total. The highest BCUT2D eigenvalue weighted by Crippen LogP contribution is 2.46. The van der Waals surface area contributed by atoms with Gasteiger partial charge in [-0.2, -0.15) is 0 Å². The first-order valence-corrected chi connectivity index (χ1v) is 11.5. The molecule has 0 bridgehead atoms. The number of aliphatic hydroxyl groups excluding tert-OH is 2. The summed E-state index contributed by atoms with van der Waals surface area (Å²) >= 11 is 0. The minimum atomic E-state index is -1.26. The van der Waals surface area contributed by atoms with Crippen LogP contribution in [0, 0.1) is 17.3 Å². The van der Waals surface area contributed by atoms with Gasteiger partial charge in [-0.3, -0.25) is 0 Å². The second-order valence-corrected chi connectivity index (χ2v) is 10.1. The molecule has 1 fully saturated rings. The normalized spacial score (nSPS) is 32.0. The summed E-state index contributed by atoms with van der Waals surface area (Å²) < 4.78 is 10.3. The van der Waals surface area contributed by atoms with E-state index >= 15 is 0 Å². The lowest BCUT2D eigenvalue weighted by molar-refractivity contribution is -0.152. The molecule has 1 saturated carbocycles. The Labute approximate surface area is 180 Å². The van der Waals surface area contributed by atoms with Crippen LogP contribution < -0.4 is 0 Å². The van der Waals surface area contributed by atoms with E-state index in [1.54, 1.807) is 0 Å². The van der Waals surface area contributed by atoms with Gasteiger partial charge in [0.25, 0.3) is 5.95 Å². The molecule has 30 heavy (non-hydrogen) atoms. The molecule has 0 aromatic carbocycles. The van der Waals surface area contributed by atoms with Crippen LogP contribution in [0.2, 0.25) is 0 Å². The highest BCUT2D eigenvalue weighted by molar-refractivity contribution is 5.85. The smallest absolute Gasteiger partial charge is 0.333 e. The number of cyclic esters (lactones) is 1. The van der Waals surface area contributed by atoms with Crippen LogP contribution in [0.25, 0.3) is 0 Å². The molecule has 1 aliphatic carbocycles. The zero-order valence-corrected chi connectivity index (χ0v) is 18.9. The molecule has 4 unspecified atom stereocenters. The summed E-state index contributed by atoms with van der Waals surface area (Å²) in [4.78, 5) is 11.3. The van der Waals surface area contributed by atoms with E-state index in [-0.39, 0.29) is 5.95 Å². The van der Waals surface area contributed by atoms with Crippen molar-refractivity contribution in [2.75, 3.05) is 0 Å². The fourth-order valence-electron chi connectivity index (χ4n) is 5.52. The Kier molecular flexibility index (Phi) is 7.33. The molecule has 0 aromatic rings. The van der Waals surface area contributed by atoms with Crippen molar-refractivity contribution in [1.29, 1.82) is 0 Å². The molecule has 4 atom stereocenters. The Balaban J connectivity index is 1.47. The Morgan fingerprint density at radius 1 is 1.30 bits per heavy atom. The van der Waals surface area contributed by atoms with Gasteiger partial charge in [-0.05, 0) is 69.1 Å². The standard InChI is InChI=1S/C25H38O5/c1-16(10-12-20-17(2)8-6-14-25(20,3)4)7-5-9-18-11-13-21(29-23(18)27)19-15-22(26)30-24(19)28/h7,15,17,20-21,24,27-28H,5-6,8-14H2,1-4H3/b16-7+. The lowest BCUT2D eigenvalue weighted by Gasteiger charge is -2.43. The predicted molar refractivity (Wildman–Crippen MR) is 116 cm³/mol. The lowest BCUT2D eigenvalue weighted by Crippen LogP contribution is -2.33. The number of carbonyl (C=O) groups excluding carboxylic acids is 1. The van der Waals surface area contributed by atoms with Crippen molar-refractivity contribution in [3.8, 4) is 0 Å². The number of rotatable bonds is 7. The van der Waals surface area contributed by atoms with Crippen molar-refractivity contribution >= 4 is 5.97 Å². The first-order chi connectivity index (χ1) is 14.2. The number of ether oxygens (including phenoxy) is 2. The van der Waals surface area contributed by atoms with Crippen LogP contribution >= 0.6 is 0 Å². The van der Waals surface area contributed by atoms with Gasteiger partial charge in [-0.25, -0.2) is 4.79 Å². The third-order valence-electron chi connectivity index (χ3n) is 7.39. The minimum absolute atomic E-state index is 0.0671. The van der Waals surface area contributed by atoms with Gasteiger partial charge in [0.15, 0.2) is 0 Å². The quantitative estimate of drug-likeness (QED) is 0.409. The van der Waals surface area contributed by atoms with Crippen molar-refractivity contribution < 1.29 is 24.5 Å². The average molecular weight is 419 g/mol. The molecule has 168 valence electrons. The number of allylic oxidation sites excluding steroid dienone is 3. The van der Waals surface area contributed by atoms with E-state index in [2.05, 4.69) is 33.8 Å². The second-order valence-electron chi connectivity index (χ2n) is 10.1. The first-order valence-electron chi connectivity index (χ1n) is 11.5. The number of hydrogen-bond acceptors (Lipinski definition) is 5. The molecule has 2 heterocycles. The number of hydrogen-bond donors (Lipinski definition) is 2. The second kappa shape index (κ2) is 9.59. The molecular formula is C25H38O5. The highest BCUT2D eigenvalue weighted by atomic mass is 16.6. The molecule has 0 saturated heterocycles. The maximum atomic E-state index is 11.3. The molecule has 0 amide bonds. The van der Waals surface area contributed by atoms with Gasteiger partial charge in [0.2, 0.25) is 6.29 Å². The summed E-state index contributed by atoms with van der Waals surface area (Å²) in [6.45, 7) is 9.49. The van der Waals surface area contributed by atoms with E-state index < -0.39 is 18.4 Å². The van der Waals surface area contributed by atoms with Crippen molar-refractivity contribution in [3.05, 3.63) is 34.8 Å². The van der Waals surface area contributed by atoms with Gasteiger partial charge in [-0.1, -0.05) is 45.3 Å². The Hall–Kier alpha value is -1.75. The third kappa shape index (κ3) is 5.48. The highest BCUT2D eigenvalue weighted by Gasteiger charge is 2.36. The molecular weight excluding hydrogens is 380 g/mol. The molecule has 3 aliphatic rings. The third-order valence-corrected chi connectivity index (χ3v) is 7.39. The molecule has 3 rings (SSSR count). The molecule has 2 aliphatic heterocycles. The summed E-state index contributed by atoms with van der Waals surface area (Å²) in [6, 6.07) is 0. The monoisotopic (exact) mass is 418 g/mol. The van der Waals surface area contributed by atoms with E-state index in [1.807, 2.05) is 0 Å². The van der Waals surface area contributed by atoms with Crippen LogP contribution in [0.4, 0.5) is 0 Å². The van der Waals surface area contributed by atoms with Crippen LogP contribution in [-0.4, -0.2) is 28.6 Å². The summed E-state index contributed by atoms with van der Waals surface area (Å²) in [5.74, 6) is 0.968. The predicted octanol–water partition coefficient (Wildman–Crippen LogP) is 5.71. The van der Waals surface area contributed by atoms with E-state index in [0.717, 1.165) is 36.7 Å². The van der Waals surface area contributed by atoms with Gasteiger partial charge < -0.3 is 19.7 Å². The van der Waals surface area contributed by atoms with Gasteiger partial charge in [0, 0.05) is 17.2 Å². The average Bonchev–Trinajstić information content (AvgIpc) is 3.00. The fourth-order valence-corrected chi connectivity index (χ4v) is 5.52. The lowest BCUT2D eigenvalue weighted by atomic mass is 9.62. The zero-order chi connectivity index (χ0) is 21.9. The molecule has 0 spiro atoms. The van der Waals surface area contributed by atoms with Gasteiger partial charge in [0.05, 0.1) is 0 Å². The van der Waals surface area contributed by atoms with E-state index in [4.69, 9.17) is 9.47 Å². The van der Waals surface area contributed by atoms with Gasteiger partial charge in [-0.15, -0.1) is 0 Å². The maximum Gasteiger partial charge on any atom is 0.333 e. The number of carbonyl (C=O) groups is 1. The van der Waals surface area contributed by atoms with Crippen LogP contribution in [0.1, 0.15) is 85.5 Å². The fraction of sp³-hybridized carbons (Fsp3) is 0.720. The molecule has 0 aromatic heterocycles. The van der Waals surface area contributed by atoms with Crippen LogP contribution in [0.15, 0.2) is 34.8 Å². The van der Waals surface area contributed by atoms with Crippen molar-refractivity contribution in [2.45, 2.75) is 97.9 Å².